The average molecular weight is 435 g/mol. The van der Waals surface area contributed by atoms with Crippen LogP contribution in [0, 0.1) is 5.82 Å². The minimum Gasteiger partial charge on any atom is -0.368 e. The van der Waals surface area contributed by atoms with Crippen LogP contribution in [0.4, 0.5) is 10.1 Å². The fourth-order valence-electron chi connectivity index (χ4n) is 3.95. The molecule has 2 rings (SSSR count). The molecule has 174 valence electrons. The van der Waals surface area contributed by atoms with Crippen molar-refractivity contribution in [3.8, 4) is 0 Å². The minimum atomic E-state index is -0.230. The number of halogens is 1. The summed E-state index contributed by atoms with van der Waals surface area (Å²) >= 11 is 0. The van der Waals surface area contributed by atoms with Crippen LogP contribution in [0.1, 0.15) is 34.1 Å². The van der Waals surface area contributed by atoms with Crippen LogP contribution in [-0.2, 0) is 4.79 Å². The van der Waals surface area contributed by atoms with Crippen LogP contribution < -0.4 is 15.5 Å². The first-order valence-electron chi connectivity index (χ1n) is 11.3. The van der Waals surface area contributed by atoms with E-state index in [0.717, 1.165) is 37.8 Å². The van der Waals surface area contributed by atoms with Gasteiger partial charge in [-0.05, 0) is 52.0 Å². The maximum Gasteiger partial charge on any atom is 0.224 e. The Morgan fingerprint density at radius 3 is 2.16 bits per heavy atom. The van der Waals surface area contributed by atoms with Crippen LogP contribution in [0.5, 0.6) is 0 Å². The molecule has 1 aromatic rings. The van der Waals surface area contributed by atoms with Crippen molar-refractivity contribution in [3.05, 3.63) is 30.1 Å². The molecule has 31 heavy (non-hydrogen) atoms. The Balaban J connectivity index is 1.67. The lowest BCUT2D eigenvalue weighted by Gasteiger charge is -2.36. The van der Waals surface area contributed by atoms with E-state index in [1.54, 1.807) is 19.2 Å². The molecule has 1 amide bonds. The molecule has 0 aliphatic carbocycles. The van der Waals surface area contributed by atoms with Gasteiger partial charge in [0.15, 0.2) is 5.96 Å². The highest BCUT2D eigenvalue weighted by atomic mass is 19.1. The third kappa shape index (κ3) is 8.01. The zero-order chi connectivity index (χ0) is 22.8. The molecule has 0 radical (unpaired) electrons. The standard InChI is InChI=1S/C23H39FN6O/c1-18(2)30(19(3)4)13-12-27-23(25-5)26-11-10-22(31)29-16-14-28(15-17-29)21-8-6-20(24)7-9-21/h6-9,18-19H,10-17H2,1-5H3,(H2,25,26,27). The highest BCUT2D eigenvalue weighted by molar-refractivity contribution is 5.81. The predicted octanol–water partition coefficient (Wildman–Crippen LogP) is 2.15. The number of amides is 1. The molecule has 0 bridgehead atoms. The summed E-state index contributed by atoms with van der Waals surface area (Å²) < 4.78 is 13.1. The number of carbonyl (C=O) groups is 1. The van der Waals surface area contributed by atoms with E-state index in [9.17, 15) is 9.18 Å². The van der Waals surface area contributed by atoms with Crippen molar-refractivity contribution >= 4 is 17.6 Å². The van der Waals surface area contributed by atoms with Crippen molar-refractivity contribution in [1.29, 1.82) is 0 Å². The molecule has 7 nitrogen and oxygen atoms in total. The van der Waals surface area contributed by atoms with E-state index < -0.39 is 0 Å². The molecule has 8 heteroatoms. The van der Waals surface area contributed by atoms with E-state index in [1.165, 1.54) is 12.1 Å². The number of piperazine rings is 1. The third-order valence-corrected chi connectivity index (χ3v) is 5.67. The Morgan fingerprint density at radius 1 is 1.03 bits per heavy atom. The molecule has 1 fully saturated rings. The van der Waals surface area contributed by atoms with Gasteiger partial charge < -0.3 is 20.4 Å². The highest BCUT2D eigenvalue weighted by Gasteiger charge is 2.21. The van der Waals surface area contributed by atoms with E-state index >= 15 is 0 Å². The fraction of sp³-hybridized carbons (Fsp3) is 0.652. The number of benzene rings is 1. The van der Waals surface area contributed by atoms with Crippen LogP contribution >= 0.6 is 0 Å². The number of aliphatic imine (C=N–C) groups is 1. The first kappa shape index (κ1) is 24.9. The van der Waals surface area contributed by atoms with Gasteiger partial charge >= 0.3 is 0 Å². The van der Waals surface area contributed by atoms with Gasteiger partial charge in [0.1, 0.15) is 5.82 Å². The SMILES string of the molecule is CN=C(NCCC(=O)N1CCN(c2ccc(F)cc2)CC1)NCCN(C(C)C)C(C)C. The quantitative estimate of drug-likeness (QED) is 0.461. The largest absolute Gasteiger partial charge is 0.368 e. The van der Waals surface area contributed by atoms with Crippen LogP contribution in [-0.4, -0.2) is 86.6 Å². The molecule has 1 saturated heterocycles. The first-order valence-corrected chi connectivity index (χ1v) is 11.3. The molecule has 0 unspecified atom stereocenters. The van der Waals surface area contributed by atoms with Crippen LogP contribution in [0.2, 0.25) is 0 Å². The van der Waals surface area contributed by atoms with Crippen LogP contribution in [0.3, 0.4) is 0 Å². The summed E-state index contributed by atoms with van der Waals surface area (Å²) in [4.78, 5) is 23.3. The number of anilines is 1. The normalized spacial score (nSPS) is 15.2. The van der Waals surface area contributed by atoms with E-state index in [2.05, 4.69) is 53.1 Å². The van der Waals surface area contributed by atoms with Crippen LogP contribution in [0.25, 0.3) is 0 Å². The monoisotopic (exact) mass is 434 g/mol. The number of guanidine groups is 1. The highest BCUT2D eigenvalue weighted by Crippen LogP contribution is 2.17. The Labute approximate surface area is 186 Å². The van der Waals surface area contributed by atoms with Gasteiger partial charge in [0.25, 0.3) is 0 Å². The molecular formula is C23H39FN6O. The summed E-state index contributed by atoms with van der Waals surface area (Å²) in [6, 6.07) is 7.52. The molecule has 2 N–H and O–H groups in total. The Kier molecular flexibility index (Phi) is 10.0. The second-order valence-corrected chi connectivity index (χ2v) is 8.45. The van der Waals surface area contributed by atoms with Crippen LogP contribution in [0.15, 0.2) is 29.3 Å². The summed E-state index contributed by atoms with van der Waals surface area (Å²) in [5.74, 6) is 0.639. The Bertz CT molecular complexity index is 691. The first-order chi connectivity index (χ1) is 14.8. The number of carbonyl (C=O) groups excluding carboxylic acids is 1. The molecule has 1 aliphatic heterocycles. The average Bonchev–Trinajstić information content (AvgIpc) is 2.75. The zero-order valence-electron chi connectivity index (χ0n) is 19.7. The maximum absolute atomic E-state index is 13.1. The molecule has 0 saturated carbocycles. The molecule has 0 atom stereocenters. The maximum atomic E-state index is 13.1. The van der Waals surface area contributed by atoms with E-state index in [0.29, 0.717) is 38.1 Å². The molecule has 1 heterocycles. The minimum absolute atomic E-state index is 0.146. The van der Waals surface area contributed by atoms with Gasteiger partial charge in [-0.15, -0.1) is 0 Å². The van der Waals surface area contributed by atoms with Crippen molar-refractivity contribution in [1.82, 2.24) is 20.4 Å². The van der Waals surface area contributed by atoms with E-state index in [-0.39, 0.29) is 11.7 Å². The van der Waals surface area contributed by atoms with Gasteiger partial charge in [-0.1, -0.05) is 0 Å². The number of rotatable bonds is 9. The van der Waals surface area contributed by atoms with Gasteiger partial charge in [0, 0.05) is 77.1 Å². The van der Waals surface area contributed by atoms with Crippen molar-refractivity contribution < 1.29 is 9.18 Å². The lowest BCUT2D eigenvalue weighted by atomic mass is 10.2. The molecule has 1 aromatic carbocycles. The van der Waals surface area contributed by atoms with Crippen molar-refractivity contribution in [2.75, 3.05) is 57.8 Å². The fourth-order valence-corrected chi connectivity index (χ4v) is 3.95. The Hall–Kier alpha value is -2.35. The van der Waals surface area contributed by atoms with E-state index in [1.807, 2.05) is 4.90 Å². The van der Waals surface area contributed by atoms with Gasteiger partial charge in [-0.3, -0.25) is 14.7 Å². The third-order valence-electron chi connectivity index (χ3n) is 5.67. The summed E-state index contributed by atoms with van der Waals surface area (Å²) in [6.45, 7) is 14.0. The topological polar surface area (TPSA) is 63.2 Å². The Morgan fingerprint density at radius 2 is 1.61 bits per heavy atom. The summed E-state index contributed by atoms with van der Waals surface area (Å²) in [5.41, 5.74) is 0.999. The molecule has 0 aromatic heterocycles. The second kappa shape index (κ2) is 12.5. The summed E-state index contributed by atoms with van der Waals surface area (Å²) in [7, 11) is 1.74. The number of hydrogen-bond donors (Lipinski definition) is 2. The van der Waals surface area contributed by atoms with Crippen molar-refractivity contribution in [2.45, 2.75) is 46.2 Å². The van der Waals surface area contributed by atoms with Crippen molar-refractivity contribution in [3.63, 3.8) is 0 Å². The summed E-state index contributed by atoms with van der Waals surface area (Å²) in [6.07, 6.45) is 0.432. The lowest BCUT2D eigenvalue weighted by molar-refractivity contribution is -0.131. The predicted molar refractivity (Wildman–Crippen MR) is 126 cm³/mol. The summed E-state index contributed by atoms with van der Waals surface area (Å²) in [5, 5.41) is 6.57. The lowest BCUT2D eigenvalue weighted by Crippen LogP contribution is -2.49. The van der Waals surface area contributed by atoms with Gasteiger partial charge in [0.2, 0.25) is 5.91 Å². The van der Waals surface area contributed by atoms with Gasteiger partial charge in [-0.25, -0.2) is 4.39 Å². The zero-order valence-corrected chi connectivity index (χ0v) is 19.7. The van der Waals surface area contributed by atoms with Gasteiger partial charge in [0.05, 0.1) is 0 Å². The van der Waals surface area contributed by atoms with Crippen molar-refractivity contribution in [2.24, 2.45) is 4.99 Å². The molecular weight excluding hydrogens is 395 g/mol. The second-order valence-electron chi connectivity index (χ2n) is 8.45. The number of nitrogens with zero attached hydrogens (tertiary/aromatic N) is 4. The number of hydrogen-bond acceptors (Lipinski definition) is 4. The smallest absolute Gasteiger partial charge is 0.224 e. The molecule has 1 aliphatic rings. The van der Waals surface area contributed by atoms with E-state index in [4.69, 9.17) is 0 Å². The number of nitrogens with one attached hydrogen (secondary N) is 2. The molecule has 0 spiro atoms. The van der Waals surface area contributed by atoms with Gasteiger partial charge in [-0.2, -0.15) is 0 Å².